The van der Waals surface area contributed by atoms with Crippen LogP contribution in [0.25, 0.3) is 0 Å². The molecule has 0 aliphatic carbocycles. The van der Waals surface area contributed by atoms with Crippen LogP contribution in [0.1, 0.15) is 52.0 Å². The van der Waals surface area contributed by atoms with Gasteiger partial charge in [-0.25, -0.2) is 0 Å². The number of halogens is 1. The van der Waals surface area contributed by atoms with Gasteiger partial charge in [-0.15, -0.1) is 13.2 Å². The van der Waals surface area contributed by atoms with E-state index in [2.05, 4.69) is 13.2 Å². The lowest BCUT2D eigenvalue weighted by molar-refractivity contribution is -0.154. The lowest BCUT2D eigenvalue weighted by atomic mass is 9.64. The summed E-state index contributed by atoms with van der Waals surface area (Å²) in [6.45, 7) is 14.2. The molecule has 7 atom stereocenters. The van der Waals surface area contributed by atoms with Crippen molar-refractivity contribution in [3.8, 4) is 0 Å². The van der Waals surface area contributed by atoms with E-state index in [0.717, 1.165) is 5.56 Å². The van der Waals surface area contributed by atoms with Gasteiger partial charge in [-0.2, -0.15) is 0 Å². The molecular formula is C37H46ClN3O5. The number of nitrogens with zero attached hydrogens (tertiary/aromatic N) is 3. The van der Waals surface area contributed by atoms with Crippen LogP contribution in [0.3, 0.4) is 0 Å². The fourth-order valence-electron chi connectivity index (χ4n) is 8.13. The number of fused-ring (bicyclic) bond motifs is 1. The number of anilines is 1. The molecule has 2 unspecified atom stereocenters. The number of likely N-dealkylation sites (tertiary alicyclic amines) is 1. The smallest absolute Gasteiger partial charge is 0.253 e. The second-order valence-corrected chi connectivity index (χ2v) is 13.3. The quantitative estimate of drug-likeness (QED) is 0.268. The summed E-state index contributed by atoms with van der Waals surface area (Å²) in [7, 11) is 0. The van der Waals surface area contributed by atoms with Crippen molar-refractivity contribution in [1.29, 1.82) is 0 Å². The molecule has 3 fully saturated rings. The molecule has 9 heteroatoms. The molecule has 3 saturated heterocycles. The van der Waals surface area contributed by atoms with Gasteiger partial charge in [0, 0.05) is 19.6 Å². The van der Waals surface area contributed by atoms with Crippen LogP contribution in [0.15, 0.2) is 79.9 Å². The van der Waals surface area contributed by atoms with Gasteiger partial charge in [0.1, 0.15) is 11.6 Å². The Morgan fingerprint density at radius 1 is 1.07 bits per heavy atom. The van der Waals surface area contributed by atoms with Crippen LogP contribution >= 0.6 is 11.6 Å². The number of para-hydroxylation sites is 1. The summed E-state index contributed by atoms with van der Waals surface area (Å²) in [4.78, 5) is 49.5. The zero-order valence-electron chi connectivity index (χ0n) is 27.1. The summed E-state index contributed by atoms with van der Waals surface area (Å²) in [5.41, 5.74) is -0.697. The minimum Gasteiger partial charge on any atom is -0.394 e. The van der Waals surface area contributed by atoms with Crippen molar-refractivity contribution < 1.29 is 24.2 Å². The second-order valence-electron chi connectivity index (χ2n) is 12.9. The summed E-state index contributed by atoms with van der Waals surface area (Å²) >= 11 is 6.62. The van der Waals surface area contributed by atoms with Gasteiger partial charge in [0.2, 0.25) is 11.8 Å². The maximum absolute atomic E-state index is 15.0. The Kier molecular flexibility index (Phi) is 10.1. The Hall–Kier alpha value is -3.46. The third-order valence-electron chi connectivity index (χ3n) is 10.6. The second kappa shape index (κ2) is 13.7. The van der Waals surface area contributed by atoms with Crippen molar-refractivity contribution in [3.63, 3.8) is 0 Å². The molecule has 2 aromatic rings. The van der Waals surface area contributed by atoms with Crippen LogP contribution in [0.5, 0.6) is 0 Å². The van der Waals surface area contributed by atoms with Crippen molar-refractivity contribution in [2.45, 2.75) is 76.3 Å². The third-order valence-corrected chi connectivity index (χ3v) is 10.9. The first-order valence-electron chi connectivity index (χ1n) is 16.4. The van der Waals surface area contributed by atoms with E-state index in [0.29, 0.717) is 49.5 Å². The Bertz CT molecular complexity index is 1470. The van der Waals surface area contributed by atoms with Crippen LogP contribution in [0.2, 0.25) is 5.02 Å². The van der Waals surface area contributed by atoms with Crippen molar-refractivity contribution in [3.05, 3.63) is 90.5 Å². The molecule has 2 aromatic carbocycles. The van der Waals surface area contributed by atoms with Gasteiger partial charge < -0.3 is 24.5 Å². The molecule has 0 saturated carbocycles. The van der Waals surface area contributed by atoms with Gasteiger partial charge in [-0.05, 0) is 42.9 Å². The third kappa shape index (κ3) is 5.48. The topological polar surface area (TPSA) is 90.4 Å². The Balaban J connectivity index is 1.65. The summed E-state index contributed by atoms with van der Waals surface area (Å²) < 4.78 is 7.05. The first kappa shape index (κ1) is 33.9. The number of carbonyl (C=O) groups is 3. The van der Waals surface area contributed by atoms with Gasteiger partial charge in [-0.3, -0.25) is 14.4 Å². The average molecular weight is 648 g/mol. The van der Waals surface area contributed by atoms with Gasteiger partial charge in [-0.1, -0.05) is 93.4 Å². The molecule has 5 rings (SSSR count). The van der Waals surface area contributed by atoms with Crippen molar-refractivity contribution in [1.82, 2.24) is 9.80 Å². The van der Waals surface area contributed by atoms with E-state index in [-0.39, 0.29) is 36.8 Å². The van der Waals surface area contributed by atoms with Crippen LogP contribution in [-0.2, 0) is 25.7 Å². The predicted octanol–water partition coefficient (Wildman–Crippen LogP) is 5.64. The van der Waals surface area contributed by atoms with E-state index < -0.39 is 35.1 Å². The molecule has 0 aromatic heterocycles. The van der Waals surface area contributed by atoms with Gasteiger partial charge >= 0.3 is 0 Å². The van der Waals surface area contributed by atoms with E-state index in [1.165, 1.54) is 0 Å². The number of ether oxygens (including phenoxy) is 1. The van der Waals surface area contributed by atoms with Crippen molar-refractivity contribution in [2.75, 3.05) is 24.6 Å². The SMILES string of the molecule is C=CCN(Cc1ccccc1)C(=O)[C@H]1[C@H]2C(=O)N([C@@H](CO)[C@@H](C)CC)C(C(=O)N(CC=C)c3ccccc3Cl)C23CC[C@]1(CC)O3. The summed E-state index contributed by atoms with van der Waals surface area (Å²) in [6.07, 6.45) is 5.49. The summed E-state index contributed by atoms with van der Waals surface area (Å²) in [5, 5.41) is 11.1. The van der Waals surface area contributed by atoms with Crippen molar-refractivity contribution >= 4 is 35.0 Å². The predicted molar refractivity (Wildman–Crippen MR) is 180 cm³/mol. The molecular weight excluding hydrogens is 602 g/mol. The van der Waals surface area contributed by atoms with E-state index in [1.54, 1.807) is 51.1 Å². The van der Waals surface area contributed by atoms with Gasteiger partial charge in [0.15, 0.2) is 0 Å². The molecule has 1 spiro atoms. The minimum absolute atomic E-state index is 0.116. The monoisotopic (exact) mass is 647 g/mol. The number of rotatable bonds is 14. The summed E-state index contributed by atoms with van der Waals surface area (Å²) in [5.74, 6) is -2.67. The molecule has 3 aliphatic heterocycles. The van der Waals surface area contributed by atoms with Gasteiger partial charge in [0.25, 0.3) is 5.91 Å². The average Bonchev–Trinajstić information content (AvgIpc) is 3.67. The molecule has 246 valence electrons. The number of hydrogen-bond acceptors (Lipinski definition) is 5. The number of aliphatic hydroxyl groups is 1. The van der Waals surface area contributed by atoms with Crippen LogP contribution < -0.4 is 4.90 Å². The number of hydrogen-bond donors (Lipinski definition) is 1. The van der Waals surface area contributed by atoms with Crippen molar-refractivity contribution in [2.24, 2.45) is 17.8 Å². The molecule has 1 N–H and O–H groups in total. The standard InChI is InChI=1S/C37H46ClN3O5/c1-6-21-39(23-26-15-11-10-12-16-26)33(43)30-31-34(44)41(29(24-42)25(5)8-3)32(37(31)20-19-36(30,9-4)46-37)35(45)40(22-7-2)28-18-14-13-17-27(28)38/h6-7,10-18,25,29-32,42H,1-2,8-9,19-24H2,3-5H3/t25-,29-,30+,31-,32?,36-,37?/m0/s1. The Morgan fingerprint density at radius 2 is 1.74 bits per heavy atom. The highest BCUT2D eigenvalue weighted by Crippen LogP contribution is 2.65. The normalized spacial score (nSPS) is 27.6. The Morgan fingerprint density at radius 3 is 2.35 bits per heavy atom. The van der Waals surface area contributed by atoms with E-state index >= 15 is 4.79 Å². The minimum atomic E-state index is -1.25. The number of carbonyl (C=O) groups excluding carboxylic acids is 3. The highest BCUT2D eigenvalue weighted by atomic mass is 35.5. The molecule has 3 heterocycles. The zero-order valence-corrected chi connectivity index (χ0v) is 27.9. The molecule has 46 heavy (non-hydrogen) atoms. The number of benzene rings is 2. The van der Waals surface area contributed by atoms with Crippen LogP contribution in [-0.4, -0.2) is 75.6 Å². The summed E-state index contributed by atoms with van der Waals surface area (Å²) in [6, 6.07) is 15.1. The zero-order chi connectivity index (χ0) is 33.2. The maximum atomic E-state index is 15.0. The van der Waals surface area contributed by atoms with Gasteiger partial charge in [0.05, 0.1) is 40.8 Å². The van der Waals surface area contributed by atoms with E-state index in [9.17, 15) is 14.7 Å². The molecule has 3 aliphatic rings. The molecule has 0 radical (unpaired) electrons. The number of aliphatic hydroxyl groups excluding tert-OH is 1. The van der Waals surface area contributed by atoms with Crippen LogP contribution in [0, 0.1) is 17.8 Å². The molecule has 2 bridgehead atoms. The number of amides is 3. The lowest BCUT2D eigenvalue weighted by Gasteiger charge is -2.41. The molecule has 3 amide bonds. The molecule has 8 nitrogen and oxygen atoms in total. The highest BCUT2D eigenvalue weighted by Gasteiger charge is 2.79. The van der Waals surface area contributed by atoms with Crippen LogP contribution in [0.4, 0.5) is 5.69 Å². The van der Waals surface area contributed by atoms with E-state index in [4.69, 9.17) is 16.3 Å². The lowest BCUT2D eigenvalue weighted by Crippen LogP contribution is -2.60. The van der Waals surface area contributed by atoms with E-state index in [1.807, 2.05) is 51.1 Å². The first-order chi connectivity index (χ1) is 22.1. The first-order valence-corrected chi connectivity index (χ1v) is 16.8. The fraction of sp³-hybridized carbons (Fsp3) is 0.486. The largest absolute Gasteiger partial charge is 0.394 e. The Labute approximate surface area is 277 Å². The maximum Gasteiger partial charge on any atom is 0.253 e. The highest BCUT2D eigenvalue weighted by molar-refractivity contribution is 6.34. The fourth-order valence-corrected chi connectivity index (χ4v) is 8.36.